The van der Waals surface area contributed by atoms with Gasteiger partial charge in [-0.05, 0) is 43.4 Å². The summed E-state index contributed by atoms with van der Waals surface area (Å²) >= 11 is 0. The van der Waals surface area contributed by atoms with Crippen LogP contribution < -0.4 is 4.74 Å². The van der Waals surface area contributed by atoms with Gasteiger partial charge in [-0.15, -0.1) is 0 Å². The summed E-state index contributed by atoms with van der Waals surface area (Å²) in [6.07, 6.45) is 3.61. The van der Waals surface area contributed by atoms with E-state index in [1.165, 1.54) is 0 Å². The van der Waals surface area contributed by atoms with E-state index in [1.807, 2.05) is 59.5 Å². The van der Waals surface area contributed by atoms with E-state index in [-0.39, 0.29) is 17.9 Å². The van der Waals surface area contributed by atoms with E-state index in [4.69, 9.17) is 9.26 Å². The second-order valence-electron chi connectivity index (χ2n) is 7.60. The summed E-state index contributed by atoms with van der Waals surface area (Å²) in [6.45, 7) is 2.77. The first kappa shape index (κ1) is 20.1. The molecule has 1 aliphatic rings. The van der Waals surface area contributed by atoms with E-state index in [2.05, 4.69) is 17.1 Å². The van der Waals surface area contributed by atoms with E-state index in [0.717, 1.165) is 42.6 Å². The molecule has 1 aliphatic heterocycles. The van der Waals surface area contributed by atoms with Crippen molar-refractivity contribution < 1.29 is 14.1 Å². The Bertz CT molecular complexity index is 986. The summed E-state index contributed by atoms with van der Waals surface area (Å²) in [5, 5.41) is 4.17. The van der Waals surface area contributed by atoms with Gasteiger partial charge in [-0.1, -0.05) is 54.5 Å². The van der Waals surface area contributed by atoms with E-state index < -0.39 is 0 Å². The largest absolute Gasteiger partial charge is 0.497 e. The second kappa shape index (κ2) is 9.11. The number of nitrogens with zero attached hydrogens (tertiary/aromatic N) is 3. The molecule has 6 nitrogen and oxygen atoms in total. The Hall–Kier alpha value is -3.15. The van der Waals surface area contributed by atoms with Gasteiger partial charge in [0.15, 0.2) is 0 Å². The lowest BCUT2D eigenvalue weighted by Crippen LogP contribution is -2.41. The fourth-order valence-electron chi connectivity index (χ4n) is 4.14. The topological polar surface area (TPSA) is 68.5 Å². The number of amides is 1. The molecule has 2 heterocycles. The molecule has 1 aromatic heterocycles. The first-order chi connectivity index (χ1) is 14.7. The smallest absolute Gasteiger partial charge is 0.249 e. The second-order valence-corrected chi connectivity index (χ2v) is 7.60. The highest BCUT2D eigenvalue weighted by Gasteiger charge is 2.35. The van der Waals surface area contributed by atoms with Crippen molar-refractivity contribution in [1.82, 2.24) is 15.0 Å². The van der Waals surface area contributed by atoms with Crippen LogP contribution in [0.25, 0.3) is 11.4 Å². The van der Waals surface area contributed by atoms with Crippen molar-refractivity contribution in [2.24, 2.45) is 0 Å². The molecule has 4 rings (SSSR count). The lowest BCUT2D eigenvalue weighted by atomic mass is 9.92. The van der Waals surface area contributed by atoms with Crippen molar-refractivity contribution in [3.8, 4) is 17.1 Å². The average molecular weight is 405 g/mol. The summed E-state index contributed by atoms with van der Waals surface area (Å²) in [5.41, 5.74) is 1.88. The number of aromatic nitrogens is 2. The Morgan fingerprint density at radius 2 is 2.03 bits per heavy atom. The lowest BCUT2D eigenvalue weighted by Gasteiger charge is -2.35. The number of methoxy groups -OCH3 is 1. The van der Waals surface area contributed by atoms with Crippen LogP contribution in [0.2, 0.25) is 0 Å². The van der Waals surface area contributed by atoms with Crippen LogP contribution in [0.15, 0.2) is 59.1 Å². The highest BCUT2D eigenvalue weighted by Crippen LogP contribution is 2.35. The fourth-order valence-corrected chi connectivity index (χ4v) is 4.14. The number of carbonyl (C=O) groups excluding carboxylic acids is 1. The standard InChI is InChI=1S/C24H27N3O3/c1-3-20(17-10-5-4-6-11-17)24(28)27-15-8-7-14-21(27)23-25-22(26-30-23)18-12-9-13-19(16-18)29-2/h4-6,9-13,16,20-21H,3,7-8,14-15H2,1-2H3/t20-,21-/m1/s1. The molecule has 1 fully saturated rings. The molecule has 2 aromatic carbocycles. The van der Waals surface area contributed by atoms with Crippen LogP contribution >= 0.6 is 0 Å². The predicted molar refractivity (Wildman–Crippen MR) is 114 cm³/mol. The van der Waals surface area contributed by atoms with Gasteiger partial charge in [0.05, 0.1) is 13.0 Å². The van der Waals surface area contributed by atoms with Crippen molar-refractivity contribution in [2.45, 2.75) is 44.6 Å². The molecule has 2 atom stereocenters. The zero-order valence-corrected chi connectivity index (χ0v) is 17.5. The molecule has 156 valence electrons. The number of benzene rings is 2. The molecule has 0 unspecified atom stereocenters. The quantitative estimate of drug-likeness (QED) is 0.578. The van der Waals surface area contributed by atoms with Gasteiger partial charge in [-0.25, -0.2) is 0 Å². The number of hydrogen-bond acceptors (Lipinski definition) is 5. The third-order valence-electron chi connectivity index (χ3n) is 5.75. The zero-order valence-electron chi connectivity index (χ0n) is 17.5. The molecule has 30 heavy (non-hydrogen) atoms. The van der Waals surface area contributed by atoms with Crippen LogP contribution in [0, 0.1) is 0 Å². The van der Waals surface area contributed by atoms with Crippen LogP contribution in [-0.2, 0) is 4.79 Å². The molecular weight excluding hydrogens is 378 g/mol. The number of ether oxygens (including phenoxy) is 1. The summed E-state index contributed by atoms with van der Waals surface area (Å²) in [6, 6.07) is 17.4. The molecule has 1 amide bonds. The lowest BCUT2D eigenvalue weighted by molar-refractivity contribution is -0.137. The minimum Gasteiger partial charge on any atom is -0.497 e. The molecule has 0 aliphatic carbocycles. The van der Waals surface area contributed by atoms with Gasteiger partial charge < -0.3 is 14.2 Å². The molecule has 0 bridgehead atoms. The normalized spacial score (nSPS) is 17.5. The highest BCUT2D eigenvalue weighted by molar-refractivity contribution is 5.84. The number of hydrogen-bond donors (Lipinski definition) is 0. The maximum absolute atomic E-state index is 13.5. The molecule has 0 spiro atoms. The summed E-state index contributed by atoms with van der Waals surface area (Å²) in [4.78, 5) is 20.1. The van der Waals surface area contributed by atoms with Crippen LogP contribution in [0.1, 0.15) is 56.0 Å². The maximum atomic E-state index is 13.5. The van der Waals surface area contributed by atoms with Gasteiger partial charge >= 0.3 is 0 Å². The molecule has 0 radical (unpaired) electrons. The van der Waals surface area contributed by atoms with Gasteiger partial charge in [0, 0.05) is 12.1 Å². The third-order valence-corrected chi connectivity index (χ3v) is 5.75. The average Bonchev–Trinajstić information content (AvgIpc) is 3.30. The Labute approximate surface area is 176 Å². The van der Waals surface area contributed by atoms with Gasteiger partial charge in [0.25, 0.3) is 0 Å². The van der Waals surface area contributed by atoms with Crippen molar-refractivity contribution in [3.63, 3.8) is 0 Å². The SMILES string of the molecule is CC[C@@H](C(=O)N1CCCC[C@@H]1c1nc(-c2cccc(OC)c2)no1)c1ccccc1. The van der Waals surface area contributed by atoms with E-state index in [1.54, 1.807) is 7.11 Å². The maximum Gasteiger partial charge on any atom is 0.249 e. The van der Waals surface area contributed by atoms with E-state index in [0.29, 0.717) is 18.3 Å². The van der Waals surface area contributed by atoms with E-state index in [9.17, 15) is 4.79 Å². The van der Waals surface area contributed by atoms with Crippen molar-refractivity contribution in [2.75, 3.05) is 13.7 Å². The van der Waals surface area contributed by atoms with Gasteiger partial charge in [0.2, 0.25) is 17.6 Å². The first-order valence-corrected chi connectivity index (χ1v) is 10.5. The number of likely N-dealkylation sites (tertiary alicyclic amines) is 1. The van der Waals surface area contributed by atoms with Gasteiger partial charge in [-0.2, -0.15) is 4.98 Å². The van der Waals surface area contributed by atoms with Crippen LogP contribution in [-0.4, -0.2) is 34.6 Å². The van der Waals surface area contributed by atoms with Crippen LogP contribution in [0.4, 0.5) is 0 Å². The van der Waals surface area contributed by atoms with Crippen LogP contribution in [0.3, 0.4) is 0 Å². The number of carbonyl (C=O) groups is 1. The van der Waals surface area contributed by atoms with Crippen molar-refractivity contribution >= 4 is 5.91 Å². The molecule has 6 heteroatoms. The minimum atomic E-state index is -0.184. The third kappa shape index (κ3) is 4.08. The molecule has 0 N–H and O–H groups in total. The first-order valence-electron chi connectivity index (χ1n) is 10.5. The monoisotopic (exact) mass is 405 g/mol. The fraction of sp³-hybridized carbons (Fsp3) is 0.375. The Balaban J connectivity index is 1.59. The predicted octanol–water partition coefficient (Wildman–Crippen LogP) is 4.99. The van der Waals surface area contributed by atoms with Gasteiger partial charge in [0.1, 0.15) is 11.8 Å². The minimum absolute atomic E-state index is 0.134. The molecule has 1 saturated heterocycles. The number of piperidine rings is 1. The summed E-state index contributed by atoms with van der Waals surface area (Å²) in [5.74, 6) is 1.73. The Morgan fingerprint density at radius 1 is 1.20 bits per heavy atom. The van der Waals surface area contributed by atoms with E-state index >= 15 is 0 Å². The van der Waals surface area contributed by atoms with Crippen LogP contribution in [0.5, 0.6) is 5.75 Å². The Kier molecular flexibility index (Phi) is 6.12. The zero-order chi connectivity index (χ0) is 20.9. The van der Waals surface area contributed by atoms with Gasteiger partial charge in [-0.3, -0.25) is 4.79 Å². The highest BCUT2D eigenvalue weighted by atomic mass is 16.5. The number of rotatable bonds is 6. The Morgan fingerprint density at radius 3 is 2.80 bits per heavy atom. The summed E-state index contributed by atoms with van der Waals surface area (Å²) < 4.78 is 10.9. The molecule has 3 aromatic rings. The van der Waals surface area contributed by atoms with Crippen molar-refractivity contribution in [1.29, 1.82) is 0 Å². The molecule has 0 saturated carbocycles. The summed E-state index contributed by atoms with van der Waals surface area (Å²) in [7, 11) is 1.63. The van der Waals surface area contributed by atoms with Crippen molar-refractivity contribution in [3.05, 3.63) is 66.1 Å². The molecular formula is C24H27N3O3.